The van der Waals surface area contributed by atoms with Gasteiger partial charge in [-0.2, -0.15) is 0 Å². The highest BCUT2D eigenvalue weighted by molar-refractivity contribution is 6.35. The lowest BCUT2D eigenvalue weighted by atomic mass is 10.3. The Morgan fingerprint density at radius 2 is 1.78 bits per heavy atom. The average Bonchev–Trinajstić information content (AvgIpc) is 2.80. The van der Waals surface area contributed by atoms with Crippen LogP contribution in [0.15, 0.2) is 41.0 Å². The van der Waals surface area contributed by atoms with Crippen molar-refractivity contribution in [1.29, 1.82) is 0 Å². The Morgan fingerprint density at radius 3 is 2.61 bits per heavy atom. The molecule has 3 aromatic rings. The molecule has 0 N–H and O–H groups in total. The van der Waals surface area contributed by atoms with Gasteiger partial charge in [-0.05, 0) is 40.6 Å². The molecule has 90 valence electrons. The smallest absolute Gasteiger partial charge is 0.146 e. The lowest BCUT2D eigenvalue weighted by Gasteiger charge is -2.07. The number of hydrogen-bond donors (Lipinski definition) is 0. The molecular weight excluding hydrogens is 275 g/mol. The molecule has 0 bridgehead atoms. The van der Waals surface area contributed by atoms with E-state index in [1.54, 1.807) is 36.4 Å². The molecule has 0 unspecified atom stereocenters. The number of aromatic nitrogens is 2. The van der Waals surface area contributed by atoms with E-state index in [1.165, 1.54) is 0 Å². The molecule has 2 aromatic carbocycles. The topological polar surface area (TPSA) is 48.2 Å². The van der Waals surface area contributed by atoms with Crippen molar-refractivity contribution in [3.63, 3.8) is 0 Å². The maximum absolute atomic E-state index is 6.02. The minimum Gasteiger partial charge on any atom is -0.456 e. The van der Waals surface area contributed by atoms with Gasteiger partial charge in [0, 0.05) is 11.1 Å². The minimum absolute atomic E-state index is 0.445. The third-order valence-electron chi connectivity index (χ3n) is 2.35. The first-order valence-corrected chi connectivity index (χ1v) is 5.83. The molecule has 0 aliphatic rings. The van der Waals surface area contributed by atoms with Crippen molar-refractivity contribution >= 4 is 34.2 Å². The first-order chi connectivity index (χ1) is 8.72. The van der Waals surface area contributed by atoms with Crippen LogP contribution in [0, 0.1) is 0 Å². The first-order valence-electron chi connectivity index (χ1n) is 5.07. The summed E-state index contributed by atoms with van der Waals surface area (Å²) < 4.78 is 10.3. The molecule has 0 amide bonds. The summed E-state index contributed by atoms with van der Waals surface area (Å²) in [5.74, 6) is 1.12. The van der Waals surface area contributed by atoms with Crippen molar-refractivity contribution in [2.75, 3.05) is 0 Å². The van der Waals surface area contributed by atoms with Crippen LogP contribution in [0.3, 0.4) is 0 Å². The summed E-state index contributed by atoms with van der Waals surface area (Å²) in [6, 6.07) is 10.3. The summed E-state index contributed by atoms with van der Waals surface area (Å²) in [6.45, 7) is 0. The summed E-state index contributed by atoms with van der Waals surface area (Å²) in [7, 11) is 0. The van der Waals surface area contributed by atoms with Crippen molar-refractivity contribution < 1.29 is 9.37 Å². The van der Waals surface area contributed by atoms with E-state index >= 15 is 0 Å². The van der Waals surface area contributed by atoms with Gasteiger partial charge >= 0.3 is 0 Å². The molecular formula is C12H6Cl2N2O2. The molecule has 3 rings (SSSR count). The van der Waals surface area contributed by atoms with Crippen LogP contribution in [-0.4, -0.2) is 10.3 Å². The van der Waals surface area contributed by atoms with E-state index in [1.807, 2.05) is 0 Å². The summed E-state index contributed by atoms with van der Waals surface area (Å²) in [6.07, 6.45) is 0. The zero-order valence-electron chi connectivity index (χ0n) is 8.93. The number of ether oxygens (including phenoxy) is 1. The number of benzene rings is 2. The highest BCUT2D eigenvalue weighted by Crippen LogP contribution is 2.32. The molecule has 0 fully saturated rings. The van der Waals surface area contributed by atoms with E-state index in [9.17, 15) is 0 Å². The van der Waals surface area contributed by atoms with Gasteiger partial charge in [-0.3, -0.25) is 0 Å². The second-order valence-electron chi connectivity index (χ2n) is 3.59. The van der Waals surface area contributed by atoms with Crippen LogP contribution in [-0.2, 0) is 0 Å². The Balaban J connectivity index is 1.95. The van der Waals surface area contributed by atoms with Crippen molar-refractivity contribution in [3.05, 3.63) is 46.4 Å². The summed E-state index contributed by atoms with van der Waals surface area (Å²) in [5, 5.41) is 8.45. The second kappa shape index (κ2) is 4.48. The van der Waals surface area contributed by atoms with E-state index in [0.717, 1.165) is 0 Å². The van der Waals surface area contributed by atoms with Gasteiger partial charge < -0.3 is 4.74 Å². The third-order valence-corrected chi connectivity index (χ3v) is 2.88. The predicted octanol–water partition coefficient (Wildman–Crippen LogP) is 4.32. The molecule has 1 aromatic heterocycles. The van der Waals surface area contributed by atoms with Crippen LogP contribution in [0.4, 0.5) is 0 Å². The molecule has 18 heavy (non-hydrogen) atoms. The molecule has 0 spiro atoms. The molecule has 0 aliphatic carbocycles. The first kappa shape index (κ1) is 11.3. The largest absolute Gasteiger partial charge is 0.456 e. The third kappa shape index (κ3) is 2.12. The molecule has 6 heteroatoms. The molecule has 0 saturated heterocycles. The molecule has 0 saturated carbocycles. The highest BCUT2D eigenvalue weighted by Gasteiger charge is 2.06. The van der Waals surface area contributed by atoms with E-state index in [-0.39, 0.29) is 0 Å². The maximum Gasteiger partial charge on any atom is 0.146 e. The number of hydrogen-bond acceptors (Lipinski definition) is 4. The van der Waals surface area contributed by atoms with Crippen LogP contribution < -0.4 is 4.74 Å². The Hall–Kier alpha value is -1.78. The Bertz CT molecular complexity index is 712. The maximum atomic E-state index is 6.02. The summed E-state index contributed by atoms with van der Waals surface area (Å²) >= 11 is 11.8. The summed E-state index contributed by atoms with van der Waals surface area (Å²) in [4.78, 5) is 0. The molecule has 0 aliphatic heterocycles. The number of fused-ring (bicyclic) bond motifs is 1. The van der Waals surface area contributed by atoms with Crippen molar-refractivity contribution in [3.8, 4) is 11.5 Å². The summed E-state index contributed by atoms with van der Waals surface area (Å²) in [5.41, 5.74) is 1.29. The number of halogens is 2. The van der Waals surface area contributed by atoms with Crippen LogP contribution in [0.2, 0.25) is 10.0 Å². The van der Waals surface area contributed by atoms with Gasteiger partial charge in [0.25, 0.3) is 0 Å². The normalized spacial score (nSPS) is 10.8. The van der Waals surface area contributed by atoms with Gasteiger partial charge in [-0.1, -0.05) is 23.2 Å². The zero-order chi connectivity index (χ0) is 12.5. The predicted molar refractivity (Wildman–Crippen MR) is 68.3 cm³/mol. The standard InChI is InChI=1S/C12H6Cl2N2O2/c13-7-1-4-12(9(14)5-7)17-8-2-3-10-11(6-8)16-18-15-10/h1-6H. The van der Waals surface area contributed by atoms with E-state index in [0.29, 0.717) is 32.6 Å². The fourth-order valence-electron chi connectivity index (χ4n) is 1.51. The van der Waals surface area contributed by atoms with Gasteiger partial charge in [-0.15, -0.1) is 0 Å². The Kier molecular flexibility index (Phi) is 2.81. The SMILES string of the molecule is Clc1ccc(Oc2ccc3nonc3c2)c(Cl)c1. The second-order valence-corrected chi connectivity index (χ2v) is 4.44. The van der Waals surface area contributed by atoms with Crippen LogP contribution in [0.25, 0.3) is 11.0 Å². The quantitative estimate of drug-likeness (QED) is 0.701. The van der Waals surface area contributed by atoms with Crippen LogP contribution in [0.1, 0.15) is 0 Å². The van der Waals surface area contributed by atoms with Gasteiger partial charge in [0.05, 0.1) is 5.02 Å². The molecule has 0 radical (unpaired) electrons. The Labute approximate surface area is 112 Å². The van der Waals surface area contributed by atoms with Gasteiger partial charge in [-0.25, -0.2) is 4.63 Å². The minimum atomic E-state index is 0.445. The molecule has 0 atom stereocenters. The lowest BCUT2D eigenvalue weighted by Crippen LogP contribution is -1.85. The van der Waals surface area contributed by atoms with E-state index in [4.69, 9.17) is 27.9 Å². The number of rotatable bonds is 2. The highest BCUT2D eigenvalue weighted by atomic mass is 35.5. The zero-order valence-corrected chi connectivity index (χ0v) is 10.4. The van der Waals surface area contributed by atoms with Gasteiger partial charge in [0.1, 0.15) is 22.5 Å². The average molecular weight is 281 g/mol. The Morgan fingerprint density at radius 1 is 0.944 bits per heavy atom. The van der Waals surface area contributed by atoms with E-state index in [2.05, 4.69) is 14.9 Å². The lowest BCUT2D eigenvalue weighted by molar-refractivity contribution is 0.315. The van der Waals surface area contributed by atoms with Crippen molar-refractivity contribution in [2.45, 2.75) is 0 Å². The molecule has 4 nitrogen and oxygen atoms in total. The fourth-order valence-corrected chi connectivity index (χ4v) is 1.96. The van der Waals surface area contributed by atoms with Crippen molar-refractivity contribution in [1.82, 2.24) is 10.3 Å². The monoisotopic (exact) mass is 280 g/mol. The van der Waals surface area contributed by atoms with Gasteiger partial charge in [0.15, 0.2) is 0 Å². The fraction of sp³-hybridized carbons (Fsp3) is 0. The van der Waals surface area contributed by atoms with Crippen molar-refractivity contribution in [2.24, 2.45) is 0 Å². The molecule has 1 heterocycles. The van der Waals surface area contributed by atoms with Gasteiger partial charge in [0.2, 0.25) is 0 Å². The number of nitrogens with zero attached hydrogens (tertiary/aromatic N) is 2. The van der Waals surface area contributed by atoms with Crippen LogP contribution in [0.5, 0.6) is 11.5 Å². The van der Waals surface area contributed by atoms with E-state index < -0.39 is 0 Å². The van der Waals surface area contributed by atoms with Crippen LogP contribution >= 0.6 is 23.2 Å².